The van der Waals surface area contributed by atoms with Crippen LogP contribution < -0.4 is 16.0 Å². The fourth-order valence-corrected chi connectivity index (χ4v) is 2.65. The minimum absolute atomic E-state index is 0.0531. The highest BCUT2D eigenvalue weighted by molar-refractivity contribution is 6.00. The molecule has 0 aliphatic heterocycles. The number of alkyl halides is 3. The Bertz CT molecular complexity index is 1110. The van der Waals surface area contributed by atoms with E-state index in [4.69, 9.17) is 0 Å². The number of carbonyl (C=O) groups is 2. The number of carbonyl (C=O) groups excluding carboxylic acids is 2. The first-order chi connectivity index (χ1) is 14.7. The summed E-state index contributed by atoms with van der Waals surface area (Å²) >= 11 is 0. The van der Waals surface area contributed by atoms with Crippen molar-refractivity contribution in [2.24, 2.45) is 0 Å². The first-order valence-corrected chi connectivity index (χ1v) is 8.78. The minimum atomic E-state index is -4.69. The van der Waals surface area contributed by atoms with Gasteiger partial charge >= 0.3 is 12.3 Å². The van der Waals surface area contributed by atoms with Crippen molar-refractivity contribution < 1.29 is 27.5 Å². The van der Waals surface area contributed by atoms with Crippen LogP contribution in [0, 0.1) is 0 Å². The summed E-state index contributed by atoms with van der Waals surface area (Å²) in [4.78, 5) is 27.3. The van der Waals surface area contributed by atoms with E-state index < -0.39 is 23.7 Å². The van der Waals surface area contributed by atoms with Gasteiger partial charge in [-0.15, -0.1) is 0 Å². The molecule has 0 unspecified atom stereocenters. The molecule has 0 aliphatic rings. The van der Waals surface area contributed by atoms with E-state index in [0.717, 1.165) is 10.7 Å². The van der Waals surface area contributed by atoms with Crippen molar-refractivity contribution in [1.82, 2.24) is 20.1 Å². The molecule has 0 aliphatic carbocycles. The molecule has 12 heteroatoms. The average Bonchev–Trinajstić information content (AvgIpc) is 3.20. The number of nitrogens with zero attached hydrogens (tertiary/aromatic N) is 3. The summed E-state index contributed by atoms with van der Waals surface area (Å²) < 4.78 is 46.0. The fourth-order valence-electron chi connectivity index (χ4n) is 2.65. The maximum Gasteiger partial charge on any atom is 0.434 e. The van der Waals surface area contributed by atoms with Crippen LogP contribution in [0.1, 0.15) is 15.9 Å². The van der Waals surface area contributed by atoms with E-state index in [1.54, 1.807) is 12.1 Å². The molecule has 162 valence electrons. The van der Waals surface area contributed by atoms with E-state index in [1.165, 1.54) is 38.7 Å². The summed E-state index contributed by atoms with van der Waals surface area (Å²) in [6, 6.07) is 7.29. The maximum absolute atomic E-state index is 13.5. The quantitative estimate of drug-likeness (QED) is 0.561. The van der Waals surface area contributed by atoms with Crippen LogP contribution in [0.5, 0.6) is 0 Å². The highest BCUT2D eigenvalue weighted by Crippen LogP contribution is 2.37. The lowest BCUT2D eigenvalue weighted by molar-refractivity contribution is -0.137. The van der Waals surface area contributed by atoms with Gasteiger partial charge in [-0.3, -0.25) is 4.79 Å². The molecule has 0 radical (unpaired) electrons. The van der Waals surface area contributed by atoms with Crippen molar-refractivity contribution in [1.29, 1.82) is 0 Å². The number of aromatic nitrogens is 3. The number of para-hydroxylation sites is 1. The monoisotopic (exact) mass is 434 g/mol. The predicted octanol–water partition coefficient (Wildman–Crippen LogP) is 3.76. The number of nitrogens with one attached hydrogen (secondary N) is 3. The van der Waals surface area contributed by atoms with Crippen molar-refractivity contribution in [2.45, 2.75) is 6.18 Å². The zero-order chi connectivity index (χ0) is 22.6. The Balaban J connectivity index is 1.96. The Kier molecular flexibility index (Phi) is 6.09. The molecular weight excluding hydrogens is 417 g/mol. The summed E-state index contributed by atoms with van der Waals surface area (Å²) in [5.41, 5.74) is -0.682. The molecule has 31 heavy (non-hydrogen) atoms. The van der Waals surface area contributed by atoms with Crippen LogP contribution in [0.3, 0.4) is 0 Å². The number of anilines is 4. The Morgan fingerprint density at radius 2 is 1.84 bits per heavy atom. The van der Waals surface area contributed by atoms with E-state index in [0.29, 0.717) is 11.9 Å². The number of benzene rings is 1. The van der Waals surface area contributed by atoms with Gasteiger partial charge < -0.3 is 20.7 Å². The highest BCUT2D eigenvalue weighted by Gasteiger charge is 2.34. The number of hydrogen-bond donors (Lipinski definition) is 3. The standard InChI is InChI=1S/C19H17F3N6O3/c1-23-17(29)12-5-3-4-6-14(12)27-15-7-16(24-9-13(15)19(20,21)22)26-11-8-25-28(10-11)18(30)31-2/h3-10H,1-2H3,(H,23,29)(H2,24,26,27). The summed E-state index contributed by atoms with van der Waals surface area (Å²) in [7, 11) is 2.60. The van der Waals surface area contributed by atoms with Gasteiger partial charge in [-0.05, 0) is 12.1 Å². The Labute approximate surface area is 174 Å². The third-order valence-electron chi connectivity index (χ3n) is 4.09. The van der Waals surface area contributed by atoms with Crippen LogP contribution in [0.2, 0.25) is 0 Å². The van der Waals surface area contributed by atoms with Crippen LogP contribution in [0.4, 0.5) is 40.8 Å². The number of amides is 1. The number of rotatable bonds is 5. The van der Waals surface area contributed by atoms with E-state index >= 15 is 0 Å². The normalized spacial score (nSPS) is 11.0. The van der Waals surface area contributed by atoms with Crippen molar-refractivity contribution in [3.63, 3.8) is 0 Å². The molecule has 2 heterocycles. The molecular formula is C19H17F3N6O3. The number of ether oxygens (including phenoxy) is 1. The third-order valence-corrected chi connectivity index (χ3v) is 4.09. The molecule has 9 nitrogen and oxygen atoms in total. The second kappa shape index (κ2) is 8.73. The van der Waals surface area contributed by atoms with Crippen LogP contribution in [-0.2, 0) is 10.9 Å². The van der Waals surface area contributed by atoms with Crippen LogP contribution in [-0.4, -0.2) is 40.9 Å². The molecule has 1 aromatic carbocycles. The summed E-state index contributed by atoms with van der Waals surface area (Å²) in [5, 5.41) is 11.7. The summed E-state index contributed by atoms with van der Waals surface area (Å²) in [6.45, 7) is 0. The fraction of sp³-hybridized carbons (Fsp3) is 0.158. The third kappa shape index (κ3) is 4.91. The average molecular weight is 434 g/mol. The first-order valence-electron chi connectivity index (χ1n) is 8.78. The molecule has 0 saturated heterocycles. The number of methoxy groups -OCH3 is 1. The summed E-state index contributed by atoms with van der Waals surface area (Å²) in [6.07, 6.45) is -2.19. The molecule has 0 fully saturated rings. The number of hydrogen-bond acceptors (Lipinski definition) is 7. The second-order valence-electron chi connectivity index (χ2n) is 6.13. The van der Waals surface area contributed by atoms with Gasteiger partial charge in [0.1, 0.15) is 5.82 Å². The van der Waals surface area contributed by atoms with Crippen molar-refractivity contribution in [3.05, 3.63) is 60.0 Å². The van der Waals surface area contributed by atoms with Gasteiger partial charge in [-0.25, -0.2) is 9.78 Å². The van der Waals surface area contributed by atoms with Crippen molar-refractivity contribution in [2.75, 3.05) is 24.8 Å². The topological polar surface area (TPSA) is 110 Å². The Hall–Kier alpha value is -4.09. The molecule has 3 aromatic rings. The lowest BCUT2D eigenvalue weighted by atomic mass is 10.1. The van der Waals surface area contributed by atoms with Gasteiger partial charge in [0, 0.05) is 19.3 Å². The smallest absolute Gasteiger partial charge is 0.434 e. The molecule has 3 rings (SSSR count). The maximum atomic E-state index is 13.5. The lowest BCUT2D eigenvalue weighted by Gasteiger charge is -2.17. The predicted molar refractivity (Wildman–Crippen MR) is 106 cm³/mol. The summed E-state index contributed by atoms with van der Waals surface area (Å²) in [5.74, 6) is -0.406. The van der Waals surface area contributed by atoms with Crippen LogP contribution in [0.25, 0.3) is 0 Å². The minimum Gasteiger partial charge on any atom is -0.451 e. The molecule has 2 aromatic heterocycles. The van der Waals surface area contributed by atoms with Crippen LogP contribution in [0.15, 0.2) is 48.9 Å². The van der Waals surface area contributed by atoms with E-state index in [9.17, 15) is 22.8 Å². The molecule has 0 saturated carbocycles. The largest absolute Gasteiger partial charge is 0.451 e. The molecule has 3 N–H and O–H groups in total. The van der Waals surface area contributed by atoms with E-state index in [1.807, 2.05) is 0 Å². The highest BCUT2D eigenvalue weighted by atomic mass is 19.4. The van der Waals surface area contributed by atoms with E-state index in [-0.39, 0.29) is 22.8 Å². The van der Waals surface area contributed by atoms with Crippen molar-refractivity contribution >= 4 is 34.9 Å². The van der Waals surface area contributed by atoms with Gasteiger partial charge in [0.15, 0.2) is 0 Å². The Morgan fingerprint density at radius 3 is 2.52 bits per heavy atom. The number of pyridine rings is 1. The zero-order valence-electron chi connectivity index (χ0n) is 16.3. The van der Waals surface area contributed by atoms with Gasteiger partial charge in [-0.1, -0.05) is 12.1 Å². The zero-order valence-corrected chi connectivity index (χ0v) is 16.3. The van der Waals surface area contributed by atoms with Gasteiger partial charge in [0.2, 0.25) is 0 Å². The molecule has 0 spiro atoms. The lowest BCUT2D eigenvalue weighted by Crippen LogP contribution is -2.19. The first kappa shape index (κ1) is 21.6. The SMILES string of the molecule is CNC(=O)c1ccccc1Nc1cc(Nc2cnn(C(=O)OC)c2)ncc1C(F)(F)F. The van der Waals surface area contributed by atoms with Gasteiger partial charge in [-0.2, -0.15) is 23.0 Å². The Morgan fingerprint density at radius 1 is 1.10 bits per heavy atom. The van der Waals surface area contributed by atoms with Gasteiger partial charge in [0.05, 0.1) is 47.7 Å². The van der Waals surface area contributed by atoms with Crippen LogP contribution >= 0.6 is 0 Å². The van der Waals surface area contributed by atoms with Gasteiger partial charge in [0.25, 0.3) is 5.91 Å². The molecule has 0 bridgehead atoms. The second-order valence-corrected chi connectivity index (χ2v) is 6.13. The molecule has 0 atom stereocenters. The van der Waals surface area contributed by atoms with E-state index in [2.05, 4.69) is 30.8 Å². The molecule has 1 amide bonds. The van der Waals surface area contributed by atoms with Crippen molar-refractivity contribution in [3.8, 4) is 0 Å². The number of halogens is 3.